The molecule has 0 aliphatic heterocycles. The molecule has 25 heavy (non-hydrogen) atoms. The summed E-state index contributed by atoms with van der Waals surface area (Å²) in [7, 11) is 0. The van der Waals surface area contributed by atoms with E-state index in [2.05, 4.69) is 26.7 Å². The fourth-order valence-electron chi connectivity index (χ4n) is 2.66. The monoisotopic (exact) mass is 332 g/mol. The maximum atomic E-state index is 12.5. The third-order valence-corrected chi connectivity index (χ3v) is 3.67. The van der Waals surface area contributed by atoms with Gasteiger partial charge in [0.1, 0.15) is 17.8 Å². The fraction of sp³-hybridized carbons (Fsp3) is 0.150. The standard InChI is InChI=1S/C20H20N4O/c1-13-5-4-6-16(8-13)23-19-11-18(21-12-22-19)20(25)24-17-9-14(2)7-15(3)10-17/h4-12H,1-3H3,(H,24,25)(H,21,22,23). The van der Waals surface area contributed by atoms with E-state index in [1.165, 1.54) is 6.33 Å². The highest BCUT2D eigenvalue weighted by molar-refractivity contribution is 6.03. The summed E-state index contributed by atoms with van der Waals surface area (Å²) in [6.07, 6.45) is 1.38. The molecule has 0 bridgehead atoms. The lowest BCUT2D eigenvalue weighted by atomic mass is 10.1. The summed E-state index contributed by atoms with van der Waals surface area (Å²) in [5.41, 5.74) is 5.32. The van der Waals surface area contributed by atoms with E-state index in [0.717, 1.165) is 28.1 Å². The number of carbonyl (C=O) groups is 1. The Morgan fingerprint density at radius 1 is 0.840 bits per heavy atom. The van der Waals surface area contributed by atoms with Crippen molar-refractivity contribution in [3.8, 4) is 0 Å². The summed E-state index contributed by atoms with van der Waals surface area (Å²) in [5, 5.41) is 6.07. The quantitative estimate of drug-likeness (QED) is 0.743. The van der Waals surface area contributed by atoms with Gasteiger partial charge in [0.2, 0.25) is 0 Å². The van der Waals surface area contributed by atoms with Crippen molar-refractivity contribution in [1.29, 1.82) is 0 Å². The van der Waals surface area contributed by atoms with E-state index in [-0.39, 0.29) is 5.91 Å². The number of amides is 1. The maximum Gasteiger partial charge on any atom is 0.274 e. The van der Waals surface area contributed by atoms with Crippen molar-refractivity contribution in [2.24, 2.45) is 0 Å². The summed E-state index contributed by atoms with van der Waals surface area (Å²) >= 11 is 0. The van der Waals surface area contributed by atoms with Crippen LogP contribution in [0, 0.1) is 20.8 Å². The molecule has 1 amide bonds. The summed E-state index contributed by atoms with van der Waals surface area (Å²) in [4.78, 5) is 20.7. The van der Waals surface area contributed by atoms with Gasteiger partial charge in [-0.3, -0.25) is 4.79 Å². The molecule has 2 N–H and O–H groups in total. The van der Waals surface area contributed by atoms with Gasteiger partial charge in [0.25, 0.3) is 5.91 Å². The predicted octanol–water partition coefficient (Wildman–Crippen LogP) is 4.40. The molecule has 0 saturated carbocycles. The van der Waals surface area contributed by atoms with Gasteiger partial charge in [-0.15, -0.1) is 0 Å². The minimum Gasteiger partial charge on any atom is -0.340 e. The van der Waals surface area contributed by atoms with Crippen molar-refractivity contribution in [3.63, 3.8) is 0 Å². The lowest BCUT2D eigenvalue weighted by Crippen LogP contribution is -2.14. The van der Waals surface area contributed by atoms with Crippen LogP contribution in [0.5, 0.6) is 0 Å². The van der Waals surface area contributed by atoms with Crippen LogP contribution >= 0.6 is 0 Å². The molecule has 1 heterocycles. The molecule has 0 aliphatic rings. The van der Waals surface area contributed by atoms with Crippen molar-refractivity contribution in [2.75, 3.05) is 10.6 Å². The normalized spacial score (nSPS) is 10.4. The van der Waals surface area contributed by atoms with Crippen LogP contribution in [-0.4, -0.2) is 15.9 Å². The highest BCUT2D eigenvalue weighted by Gasteiger charge is 2.10. The SMILES string of the molecule is Cc1cc(C)cc(NC(=O)c2cc(Nc3cccc(C)c3)ncn2)c1. The number of nitrogens with one attached hydrogen (secondary N) is 2. The smallest absolute Gasteiger partial charge is 0.274 e. The number of aryl methyl sites for hydroxylation is 3. The zero-order valence-electron chi connectivity index (χ0n) is 14.5. The highest BCUT2D eigenvalue weighted by atomic mass is 16.1. The lowest BCUT2D eigenvalue weighted by Gasteiger charge is -2.09. The molecular weight excluding hydrogens is 312 g/mol. The number of aromatic nitrogens is 2. The Hall–Kier alpha value is -3.21. The van der Waals surface area contributed by atoms with Gasteiger partial charge in [-0.25, -0.2) is 9.97 Å². The zero-order valence-corrected chi connectivity index (χ0v) is 14.5. The Bertz CT molecular complexity index is 901. The number of rotatable bonds is 4. The Kier molecular flexibility index (Phi) is 4.75. The van der Waals surface area contributed by atoms with Gasteiger partial charge in [0.05, 0.1) is 0 Å². The molecule has 0 aliphatic carbocycles. The molecule has 1 aromatic heterocycles. The Balaban J connectivity index is 1.77. The fourth-order valence-corrected chi connectivity index (χ4v) is 2.66. The number of carbonyl (C=O) groups excluding carboxylic acids is 1. The Labute approximate surface area is 147 Å². The average Bonchev–Trinajstić information content (AvgIpc) is 2.54. The molecule has 5 nitrogen and oxygen atoms in total. The first-order valence-electron chi connectivity index (χ1n) is 8.05. The van der Waals surface area contributed by atoms with Gasteiger partial charge >= 0.3 is 0 Å². The molecule has 3 rings (SSSR count). The van der Waals surface area contributed by atoms with Crippen molar-refractivity contribution in [1.82, 2.24) is 9.97 Å². The summed E-state index contributed by atoms with van der Waals surface area (Å²) in [6, 6.07) is 15.5. The largest absolute Gasteiger partial charge is 0.340 e. The van der Waals surface area contributed by atoms with Gasteiger partial charge in [-0.2, -0.15) is 0 Å². The van der Waals surface area contributed by atoms with Crippen LogP contribution in [0.25, 0.3) is 0 Å². The van der Waals surface area contributed by atoms with Crippen LogP contribution < -0.4 is 10.6 Å². The molecule has 126 valence electrons. The van der Waals surface area contributed by atoms with Crippen LogP contribution in [0.4, 0.5) is 17.2 Å². The zero-order chi connectivity index (χ0) is 17.8. The van der Waals surface area contributed by atoms with E-state index in [9.17, 15) is 4.79 Å². The van der Waals surface area contributed by atoms with E-state index in [1.54, 1.807) is 6.07 Å². The van der Waals surface area contributed by atoms with Crippen LogP contribution in [0.2, 0.25) is 0 Å². The lowest BCUT2D eigenvalue weighted by molar-refractivity contribution is 0.102. The number of anilines is 3. The van der Waals surface area contributed by atoms with Gasteiger partial charge in [-0.1, -0.05) is 18.2 Å². The van der Waals surface area contributed by atoms with Crippen molar-refractivity contribution >= 4 is 23.1 Å². The third kappa shape index (κ3) is 4.41. The number of benzene rings is 2. The molecule has 3 aromatic rings. The van der Waals surface area contributed by atoms with E-state index in [0.29, 0.717) is 11.5 Å². The van der Waals surface area contributed by atoms with Crippen molar-refractivity contribution in [3.05, 3.63) is 77.2 Å². The summed E-state index contributed by atoms with van der Waals surface area (Å²) in [6.45, 7) is 6.02. The van der Waals surface area contributed by atoms with E-state index < -0.39 is 0 Å². The predicted molar refractivity (Wildman–Crippen MR) is 100 cm³/mol. The topological polar surface area (TPSA) is 66.9 Å². The van der Waals surface area contributed by atoms with Crippen molar-refractivity contribution in [2.45, 2.75) is 20.8 Å². The van der Waals surface area contributed by atoms with Crippen molar-refractivity contribution < 1.29 is 4.79 Å². The maximum absolute atomic E-state index is 12.5. The summed E-state index contributed by atoms with van der Waals surface area (Å²) < 4.78 is 0. The molecular formula is C20H20N4O. The molecule has 2 aromatic carbocycles. The number of nitrogens with zero attached hydrogens (tertiary/aromatic N) is 2. The Morgan fingerprint density at radius 3 is 2.28 bits per heavy atom. The minimum absolute atomic E-state index is 0.264. The van der Waals surface area contributed by atoms with Gasteiger partial charge in [0.15, 0.2) is 0 Å². The molecule has 0 atom stereocenters. The minimum atomic E-state index is -0.264. The molecule has 5 heteroatoms. The van der Waals surface area contributed by atoms with Crippen LogP contribution in [0.15, 0.2) is 54.9 Å². The third-order valence-electron chi connectivity index (χ3n) is 3.67. The van der Waals surface area contributed by atoms with Crippen LogP contribution in [0.3, 0.4) is 0 Å². The first kappa shape index (κ1) is 16.6. The van der Waals surface area contributed by atoms with Crippen LogP contribution in [0.1, 0.15) is 27.2 Å². The first-order chi connectivity index (χ1) is 12.0. The van der Waals surface area contributed by atoms with Gasteiger partial charge in [0, 0.05) is 17.4 Å². The second-order valence-corrected chi connectivity index (χ2v) is 6.11. The van der Waals surface area contributed by atoms with E-state index in [1.807, 2.05) is 57.2 Å². The molecule has 0 unspecified atom stereocenters. The number of hydrogen-bond donors (Lipinski definition) is 2. The molecule has 0 radical (unpaired) electrons. The second-order valence-electron chi connectivity index (χ2n) is 6.11. The Morgan fingerprint density at radius 2 is 1.56 bits per heavy atom. The van der Waals surface area contributed by atoms with E-state index in [4.69, 9.17) is 0 Å². The molecule has 0 fully saturated rings. The average molecular weight is 332 g/mol. The second kappa shape index (κ2) is 7.13. The van der Waals surface area contributed by atoms with Crippen LogP contribution in [-0.2, 0) is 0 Å². The van der Waals surface area contributed by atoms with Gasteiger partial charge < -0.3 is 10.6 Å². The van der Waals surface area contributed by atoms with E-state index >= 15 is 0 Å². The van der Waals surface area contributed by atoms with Gasteiger partial charge in [-0.05, 0) is 61.7 Å². The molecule has 0 spiro atoms. The highest BCUT2D eigenvalue weighted by Crippen LogP contribution is 2.17. The number of hydrogen-bond acceptors (Lipinski definition) is 4. The molecule has 0 saturated heterocycles. The summed E-state index contributed by atoms with van der Waals surface area (Å²) in [5.74, 6) is 0.311. The first-order valence-corrected chi connectivity index (χ1v) is 8.05.